The van der Waals surface area contributed by atoms with Crippen LogP contribution in [0.25, 0.3) is 0 Å². The second-order valence-electron chi connectivity index (χ2n) is 2.96. The van der Waals surface area contributed by atoms with Gasteiger partial charge in [0.15, 0.2) is 0 Å². The first-order valence-corrected chi connectivity index (χ1v) is 4.37. The molecule has 1 rings (SSSR count). The maximum Gasteiger partial charge on any atom is 0.269 e. The molecule has 2 N–H and O–H groups in total. The van der Waals surface area contributed by atoms with Gasteiger partial charge in [-0.05, 0) is 32.0 Å². The molecule has 0 aromatic carbocycles. The van der Waals surface area contributed by atoms with Gasteiger partial charge in [-0.3, -0.25) is 5.43 Å². The molecule has 1 aliphatic rings. The second-order valence-corrected chi connectivity index (χ2v) is 3.34. The second kappa shape index (κ2) is 3.88. The summed E-state index contributed by atoms with van der Waals surface area (Å²) in [7, 11) is 0. The molecule has 64 valence electrons. The molecular formula is C7H14N2OS. The smallest absolute Gasteiger partial charge is 0.269 e. The van der Waals surface area contributed by atoms with E-state index in [-0.39, 0.29) is 5.17 Å². The fraction of sp³-hybridized carbons (Fsp3) is 0.857. The number of aliphatic hydroxyl groups excluding tert-OH is 1. The van der Waals surface area contributed by atoms with Crippen LogP contribution in [0.3, 0.4) is 0 Å². The lowest BCUT2D eigenvalue weighted by Gasteiger charge is -2.32. The third-order valence-corrected chi connectivity index (χ3v) is 2.13. The predicted octanol–water partition coefficient (Wildman–Crippen LogP) is 1.21. The number of rotatable bonds is 1. The average Bonchev–Trinajstić information content (AvgIpc) is 1.93. The molecule has 4 heteroatoms. The number of thiocarbonyl (C=S) groups is 1. The van der Waals surface area contributed by atoms with Crippen molar-refractivity contribution < 1.29 is 5.11 Å². The summed E-state index contributed by atoms with van der Waals surface area (Å²) in [6.45, 7) is 3.10. The summed E-state index contributed by atoms with van der Waals surface area (Å²) in [4.78, 5) is 0. The van der Waals surface area contributed by atoms with Gasteiger partial charge in [0.25, 0.3) is 5.17 Å². The minimum Gasteiger partial charge on any atom is -0.486 e. The van der Waals surface area contributed by atoms with E-state index in [1.165, 1.54) is 19.3 Å². The Hall–Kier alpha value is -0.350. The summed E-state index contributed by atoms with van der Waals surface area (Å²) < 4.78 is 0. The molecule has 1 aliphatic heterocycles. The number of piperidine rings is 1. The molecule has 1 saturated heterocycles. The van der Waals surface area contributed by atoms with Crippen LogP contribution >= 0.6 is 12.2 Å². The van der Waals surface area contributed by atoms with Crippen LogP contribution in [-0.2, 0) is 0 Å². The van der Waals surface area contributed by atoms with Gasteiger partial charge in [0, 0.05) is 12.6 Å². The van der Waals surface area contributed by atoms with Crippen LogP contribution in [0.2, 0.25) is 0 Å². The van der Waals surface area contributed by atoms with Gasteiger partial charge in [-0.1, -0.05) is 6.42 Å². The van der Waals surface area contributed by atoms with Gasteiger partial charge in [-0.25, -0.2) is 5.01 Å². The summed E-state index contributed by atoms with van der Waals surface area (Å²) in [5.41, 5.74) is 2.75. The number of aliphatic hydroxyl groups is 1. The molecule has 0 amide bonds. The molecule has 0 aliphatic carbocycles. The van der Waals surface area contributed by atoms with E-state index in [1.54, 1.807) is 0 Å². The van der Waals surface area contributed by atoms with Crippen LogP contribution in [0.5, 0.6) is 0 Å². The lowest BCUT2D eigenvalue weighted by molar-refractivity contribution is 0.122. The highest BCUT2D eigenvalue weighted by atomic mass is 32.1. The Morgan fingerprint density at radius 2 is 2.36 bits per heavy atom. The predicted molar refractivity (Wildman–Crippen MR) is 48.4 cm³/mol. The third-order valence-electron chi connectivity index (χ3n) is 2.04. The molecule has 11 heavy (non-hydrogen) atoms. The van der Waals surface area contributed by atoms with Gasteiger partial charge < -0.3 is 5.11 Å². The number of hydrogen-bond acceptors (Lipinski definition) is 2. The third kappa shape index (κ3) is 2.63. The van der Waals surface area contributed by atoms with Crippen molar-refractivity contribution in [2.45, 2.75) is 32.2 Å². The van der Waals surface area contributed by atoms with Crippen LogP contribution in [0.4, 0.5) is 0 Å². The lowest BCUT2D eigenvalue weighted by atomic mass is 10.1. The Morgan fingerprint density at radius 3 is 2.91 bits per heavy atom. The molecule has 3 nitrogen and oxygen atoms in total. The minimum atomic E-state index is -0.126. The van der Waals surface area contributed by atoms with Crippen molar-refractivity contribution in [1.29, 1.82) is 0 Å². The molecule has 1 unspecified atom stereocenters. The Morgan fingerprint density at radius 1 is 1.64 bits per heavy atom. The fourth-order valence-corrected chi connectivity index (χ4v) is 1.50. The van der Waals surface area contributed by atoms with Gasteiger partial charge >= 0.3 is 0 Å². The first-order chi connectivity index (χ1) is 5.20. The first-order valence-electron chi connectivity index (χ1n) is 3.96. The van der Waals surface area contributed by atoms with E-state index in [0.717, 1.165) is 6.54 Å². The van der Waals surface area contributed by atoms with Crippen LogP contribution in [0.15, 0.2) is 0 Å². The van der Waals surface area contributed by atoms with Crippen LogP contribution in [0.1, 0.15) is 26.2 Å². The molecule has 1 fully saturated rings. The monoisotopic (exact) mass is 174 g/mol. The van der Waals surface area contributed by atoms with Crippen molar-refractivity contribution >= 4 is 17.4 Å². The molecule has 0 aromatic rings. The van der Waals surface area contributed by atoms with Gasteiger partial charge in [0.2, 0.25) is 0 Å². The molecular weight excluding hydrogens is 160 g/mol. The molecule has 0 spiro atoms. The van der Waals surface area contributed by atoms with E-state index in [9.17, 15) is 0 Å². The van der Waals surface area contributed by atoms with Crippen molar-refractivity contribution in [3.05, 3.63) is 0 Å². The van der Waals surface area contributed by atoms with Crippen molar-refractivity contribution in [1.82, 2.24) is 10.4 Å². The summed E-state index contributed by atoms with van der Waals surface area (Å²) in [5, 5.41) is 10.7. The van der Waals surface area contributed by atoms with E-state index < -0.39 is 0 Å². The van der Waals surface area contributed by atoms with Crippen LogP contribution in [-0.4, -0.2) is 27.9 Å². The topological polar surface area (TPSA) is 35.5 Å². The van der Waals surface area contributed by atoms with E-state index >= 15 is 0 Å². The average molecular weight is 174 g/mol. The number of hydrogen-bond donors (Lipinski definition) is 2. The summed E-state index contributed by atoms with van der Waals surface area (Å²) in [6, 6.07) is 0.480. The van der Waals surface area contributed by atoms with Gasteiger partial charge in [0.1, 0.15) is 0 Å². The molecule has 1 heterocycles. The van der Waals surface area contributed by atoms with Crippen molar-refractivity contribution in [2.75, 3.05) is 6.54 Å². The lowest BCUT2D eigenvalue weighted by Crippen LogP contribution is -2.49. The van der Waals surface area contributed by atoms with Crippen molar-refractivity contribution in [2.24, 2.45) is 0 Å². The Balaban J connectivity index is 2.35. The van der Waals surface area contributed by atoms with Crippen molar-refractivity contribution in [3.8, 4) is 0 Å². The molecule has 1 atom stereocenters. The highest BCUT2D eigenvalue weighted by Gasteiger charge is 2.17. The molecule has 0 saturated carbocycles. The van der Waals surface area contributed by atoms with E-state index in [2.05, 4.69) is 24.6 Å². The standard InChI is InChI=1S/C7H14N2OS/c1-6-4-2-3-5-9(6)8-7(10)11/h6H,2-5H2,1H3,(H2,8,10,11). The van der Waals surface area contributed by atoms with Crippen LogP contribution < -0.4 is 5.43 Å². The van der Waals surface area contributed by atoms with E-state index in [4.69, 9.17) is 5.11 Å². The van der Waals surface area contributed by atoms with E-state index in [1.807, 2.05) is 5.01 Å². The van der Waals surface area contributed by atoms with Crippen LogP contribution in [0, 0.1) is 0 Å². The SMILES string of the molecule is CC1CCCCN1NC(O)=S. The Kier molecular flexibility index (Phi) is 3.08. The van der Waals surface area contributed by atoms with Crippen molar-refractivity contribution in [3.63, 3.8) is 0 Å². The van der Waals surface area contributed by atoms with E-state index in [0.29, 0.717) is 6.04 Å². The van der Waals surface area contributed by atoms with Gasteiger partial charge in [-0.15, -0.1) is 0 Å². The normalized spacial score (nSPS) is 26.5. The van der Waals surface area contributed by atoms with Gasteiger partial charge in [-0.2, -0.15) is 0 Å². The quantitative estimate of drug-likeness (QED) is 0.586. The van der Waals surface area contributed by atoms with Gasteiger partial charge in [0.05, 0.1) is 0 Å². The largest absolute Gasteiger partial charge is 0.486 e. The maximum absolute atomic E-state index is 8.80. The number of hydrazine groups is 1. The molecule has 0 aromatic heterocycles. The Labute approximate surface area is 72.4 Å². The number of nitrogens with zero attached hydrogens (tertiary/aromatic N) is 1. The molecule has 0 radical (unpaired) electrons. The minimum absolute atomic E-state index is 0.126. The Bertz CT molecular complexity index is 151. The highest BCUT2D eigenvalue weighted by Crippen LogP contribution is 2.13. The summed E-state index contributed by atoms with van der Waals surface area (Å²) in [5.74, 6) is 0. The zero-order valence-corrected chi connectivity index (χ0v) is 7.52. The summed E-state index contributed by atoms with van der Waals surface area (Å²) in [6.07, 6.45) is 3.63. The fourth-order valence-electron chi connectivity index (χ4n) is 1.39. The zero-order chi connectivity index (χ0) is 8.27. The maximum atomic E-state index is 8.80. The number of nitrogens with one attached hydrogen (secondary N) is 1. The zero-order valence-electron chi connectivity index (χ0n) is 6.71. The summed E-state index contributed by atoms with van der Waals surface area (Å²) >= 11 is 4.53. The highest BCUT2D eigenvalue weighted by molar-refractivity contribution is 7.79. The molecule has 0 bridgehead atoms. The first kappa shape index (κ1) is 8.74.